The summed E-state index contributed by atoms with van der Waals surface area (Å²) in [6.45, 7) is 0. The van der Waals surface area contributed by atoms with Crippen LogP contribution in [0.2, 0.25) is 0 Å². The SMILES string of the molecule is Fc1cccc(F)c1N=S1CCCCC1. The van der Waals surface area contributed by atoms with Crippen molar-refractivity contribution in [1.82, 2.24) is 0 Å². The van der Waals surface area contributed by atoms with Gasteiger partial charge in [-0.3, -0.25) is 0 Å². The van der Waals surface area contributed by atoms with Crippen molar-refractivity contribution in [3.63, 3.8) is 0 Å². The molecule has 0 saturated carbocycles. The Bertz CT molecular complexity index is 362. The van der Waals surface area contributed by atoms with Crippen LogP contribution in [0.15, 0.2) is 22.6 Å². The lowest BCUT2D eigenvalue weighted by molar-refractivity contribution is 0.588. The third-order valence-corrected chi connectivity index (χ3v) is 4.38. The van der Waals surface area contributed by atoms with Crippen LogP contribution in [0, 0.1) is 11.6 Å². The van der Waals surface area contributed by atoms with Crippen molar-refractivity contribution in [2.24, 2.45) is 4.36 Å². The second kappa shape index (κ2) is 4.84. The first-order valence-corrected chi connectivity index (χ1v) is 6.63. The van der Waals surface area contributed by atoms with Gasteiger partial charge in [-0.2, -0.15) is 0 Å². The molecule has 0 bridgehead atoms. The van der Waals surface area contributed by atoms with Crippen LogP contribution in [0.1, 0.15) is 19.3 Å². The Balaban J connectivity index is 2.29. The molecule has 0 N–H and O–H groups in total. The highest BCUT2D eigenvalue weighted by atomic mass is 32.2. The largest absolute Gasteiger partial charge is 0.222 e. The van der Waals surface area contributed by atoms with Gasteiger partial charge in [0.1, 0.15) is 5.69 Å². The molecule has 4 heteroatoms. The van der Waals surface area contributed by atoms with Crippen molar-refractivity contribution >= 4 is 16.4 Å². The van der Waals surface area contributed by atoms with E-state index in [-0.39, 0.29) is 16.4 Å². The summed E-state index contributed by atoms with van der Waals surface area (Å²) < 4.78 is 30.7. The third kappa shape index (κ3) is 2.62. The van der Waals surface area contributed by atoms with E-state index in [1.165, 1.54) is 24.6 Å². The smallest absolute Gasteiger partial charge is 0.152 e. The van der Waals surface area contributed by atoms with Crippen LogP contribution >= 0.6 is 0 Å². The summed E-state index contributed by atoms with van der Waals surface area (Å²) in [5.74, 6) is 0.864. The molecule has 0 radical (unpaired) electrons. The van der Waals surface area contributed by atoms with Crippen molar-refractivity contribution in [3.8, 4) is 0 Å². The number of halogens is 2. The summed E-state index contributed by atoms with van der Waals surface area (Å²) in [4.78, 5) is 0. The second-order valence-electron chi connectivity index (χ2n) is 3.59. The molecule has 0 amide bonds. The van der Waals surface area contributed by atoms with Gasteiger partial charge in [-0.25, -0.2) is 13.1 Å². The van der Waals surface area contributed by atoms with Gasteiger partial charge in [-0.1, -0.05) is 23.2 Å². The third-order valence-electron chi connectivity index (χ3n) is 2.42. The Labute approximate surface area is 90.6 Å². The maximum absolute atomic E-state index is 13.3. The normalized spacial score (nSPS) is 17.7. The highest BCUT2D eigenvalue weighted by Gasteiger charge is 2.10. The summed E-state index contributed by atoms with van der Waals surface area (Å²) in [6.07, 6.45) is 3.48. The summed E-state index contributed by atoms with van der Waals surface area (Å²) in [7, 11) is -0.171. The zero-order valence-electron chi connectivity index (χ0n) is 8.38. The average Bonchev–Trinajstić information content (AvgIpc) is 2.25. The van der Waals surface area contributed by atoms with E-state index in [1.54, 1.807) is 0 Å². The fourth-order valence-electron chi connectivity index (χ4n) is 1.61. The summed E-state index contributed by atoms with van der Waals surface area (Å²) in [5.41, 5.74) is -0.0808. The van der Waals surface area contributed by atoms with E-state index in [4.69, 9.17) is 0 Å². The van der Waals surface area contributed by atoms with E-state index < -0.39 is 11.6 Å². The summed E-state index contributed by atoms with van der Waals surface area (Å²) >= 11 is 0. The van der Waals surface area contributed by atoms with Crippen molar-refractivity contribution in [3.05, 3.63) is 29.8 Å². The van der Waals surface area contributed by atoms with Crippen molar-refractivity contribution < 1.29 is 8.78 Å². The highest BCUT2D eigenvalue weighted by molar-refractivity contribution is 7.87. The molecule has 0 unspecified atom stereocenters. The monoisotopic (exact) mass is 229 g/mol. The van der Waals surface area contributed by atoms with Crippen LogP contribution in [-0.2, 0) is 10.7 Å². The maximum Gasteiger partial charge on any atom is 0.152 e. The fraction of sp³-hybridized carbons (Fsp3) is 0.455. The zero-order valence-corrected chi connectivity index (χ0v) is 9.20. The minimum Gasteiger partial charge on any atom is -0.222 e. The van der Waals surface area contributed by atoms with Gasteiger partial charge < -0.3 is 0 Å². The van der Waals surface area contributed by atoms with Crippen LogP contribution in [-0.4, -0.2) is 11.5 Å². The molecule has 1 saturated heterocycles. The van der Waals surface area contributed by atoms with Gasteiger partial charge in [0.05, 0.1) is 0 Å². The van der Waals surface area contributed by atoms with Crippen LogP contribution < -0.4 is 0 Å². The van der Waals surface area contributed by atoms with Gasteiger partial charge in [0, 0.05) is 11.5 Å². The first-order valence-electron chi connectivity index (χ1n) is 5.11. The first kappa shape index (κ1) is 10.7. The predicted octanol–water partition coefficient (Wildman–Crippen LogP) is 3.58. The number of rotatable bonds is 1. The van der Waals surface area contributed by atoms with Crippen LogP contribution in [0.5, 0.6) is 0 Å². The molecule has 82 valence electrons. The number of hydrogen-bond donors (Lipinski definition) is 0. The Morgan fingerprint density at radius 2 is 1.60 bits per heavy atom. The van der Waals surface area contributed by atoms with Crippen molar-refractivity contribution in [1.29, 1.82) is 0 Å². The molecule has 1 aliphatic rings. The highest BCUT2D eigenvalue weighted by Crippen LogP contribution is 2.24. The van der Waals surface area contributed by atoms with Gasteiger partial charge >= 0.3 is 0 Å². The van der Waals surface area contributed by atoms with Crippen LogP contribution in [0.4, 0.5) is 14.5 Å². The molecule has 1 aromatic rings. The van der Waals surface area contributed by atoms with E-state index in [1.807, 2.05) is 0 Å². The van der Waals surface area contributed by atoms with E-state index in [9.17, 15) is 8.78 Å². The molecule has 0 aliphatic carbocycles. The van der Waals surface area contributed by atoms with Gasteiger partial charge in [-0.05, 0) is 25.0 Å². The molecule has 1 aromatic carbocycles. The molecule has 1 fully saturated rings. The lowest BCUT2D eigenvalue weighted by Crippen LogP contribution is -2.08. The van der Waals surface area contributed by atoms with Crippen LogP contribution in [0.25, 0.3) is 0 Å². The lowest BCUT2D eigenvalue weighted by Gasteiger charge is -2.13. The topological polar surface area (TPSA) is 12.4 Å². The Kier molecular flexibility index (Phi) is 3.46. The molecule has 1 aliphatic heterocycles. The molecule has 0 aromatic heterocycles. The van der Waals surface area contributed by atoms with Gasteiger partial charge in [0.15, 0.2) is 11.6 Å². The minimum atomic E-state index is -0.548. The Morgan fingerprint density at radius 1 is 1.00 bits per heavy atom. The van der Waals surface area contributed by atoms with E-state index in [0.29, 0.717) is 0 Å². The van der Waals surface area contributed by atoms with Gasteiger partial charge in [-0.15, -0.1) is 0 Å². The molecule has 0 spiro atoms. The molecular weight excluding hydrogens is 216 g/mol. The summed E-state index contributed by atoms with van der Waals surface area (Å²) in [5, 5.41) is 0. The van der Waals surface area contributed by atoms with E-state index in [0.717, 1.165) is 24.3 Å². The van der Waals surface area contributed by atoms with Gasteiger partial charge in [0.25, 0.3) is 0 Å². The molecule has 0 atom stereocenters. The lowest BCUT2D eigenvalue weighted by atomic mass is 10.3. The van der Waals surface area contributed by atoms with Crippen molar-refractivity contribution in [2.75, 3.05) is 11.5 Å². The van der Waals surface area contributed by atoms with Crippen LogP contribution in [0.3, 0.4) is 0 Å². The number of benzene rings is 1. The van der Waals surface area contributed by atoms with Gasteiger partial charge in [0.2, 0.25) is 0 Å². The van der Waals surface area contributed by atoms with E-state index in [2.05, 4.69) is 4.36 Å². The average molecular weight is 229 g/mol. The number of hydrogen-bond acceptors (Lipinski definition) is 1. The molecular formula is C11H13F2NS. The predicted molar refractivity (Wildman–Crippen MR) is 59.4 cm³/mol. The number of nitrogens with zero attached hydrogens (tertiary/aromatic N) is 1. The van der Waals surface area contributed by atoms with E-state index >= 15 is 0 Å². The van der Waals surface area contributed by atoms with Crippen molar-refractivity contribution in [2.45, 2.75) is 19.3 Å². The molecule has 2 rings (SSSR count). The maximum atomic E-state index is 13.3. The quantitative estimate of drug-likeness (QED) is 0.698. The Hall–Kier alpha value is -0.770. The minimum absolute atomic E-state index is 0.0808. The standard InChI is InChI=1S/C11H13F2NS/c12-9-5-4-6-10(13)11(9)14-15-7-2-1-3-8-15/h4-6H,1-3,7-8H2. The molecule has 1 nitrogen and oxygen atoms in total. The Morgan fingerprint density at radius 3 is 2.20 bits per heavy atom. The fourth-order valence-corrected chi connectivity index (χ4v) is 3.51. The summed E-state index contributed by atoms with van der Waals surface area (Å²) in [6, 6.07) is 3.89. The molecule has 15 heavy (non-hydrogen) atoms. The second-order valence-corrected chi connectivity index (χ2v) is 5.52. The zero-order chi connectivity index (χ0) is 10.7. The first-order chi connectivity index (χ1) is 7.27. The molecule has 1 heterocycles.